The highest BCUT2D eigenvalue weighted by molar-refractivity contribution is 5.60. The van der Waals surface area contributed by atoms with Gasteiger partial charge in [-0.1, -0.05) is 13.3 Å². The maximum absolute atomic E-state index is 5.81. The maximum Gasteiger partial charge on any atom is 0.162 e. The van der Waals surface area contributed by atoms with E-state index in [4.69, 9.17) is 5.73 Å². The van der Waals surface area contributed by atoms with Crippen molar-refractivity contribution in [2.45, 2.75) is 26.7 Å². The third-order valence-corrected chi connectivity index (χ3v) is 2.57. The minimum atomic E-state index is 0.523. The fourth-order valence-corrected chi connectivity index (χ4v) is 1.75. The first-order chi connectivity index (χ1) is 8.20. The fraction of sp³-hybridized carbons (Fsp3) is 0.308. The molecule has 2 heterocycles. The van der Waals surface area contributed by atoms with Crippen molar-refractivity contribution in [3.63, 3.8) is 0 Å². The van der Waals surface area contributed by atoms with Crippen molar-refractivity contribution in [1.29, 1.82) is 0 Å². The van der Waals surface area contributed by atoms with E-state index in [9.17, 15) is 0 Å². The van der Waals surface area contributed by atoms with Gasteiger partial charge in [-0.05, 0) is 25.0 Å². The number of nitrogens with two attached hydrogens (primary N) is 1. The topological polar surface area (TPSA) is 64.7 Å². The molecule has 0 atom stereocenters. The van der Waals surface area contributed by atoms with Gasteiger partial charge in [0.1, 0.15) is 5.82 Å². The van der Waals surface area contributed by atoms with E-state index in [0.29, 0.717) is 11.6 Å². The second-order valence-corrected chi connectivity index (χ2v) is 4.05. The summed E-state index contributed by atoms with van der Waals surface area (Å²) in [6, 6.07) is 3.75. The molecule has 0 spiro atoms. The molecule has 17 heavy (non-hydrogen) atoms. The molecule has 0 amide bonds. The van der Waals surface area contributed by atoms with Crippen LogP contribution < -0.4 is 5.73 Å². The normalized spacial score (nSPS) is 10.5. The van der Waals surface area contributed by atoms with Gasteiger partial charge in [-0.2, -0.15) is 0 Å². The third-order valence-electron chi connectivity index (χ3n) is 2.57. The summed E-state index contributed by atoms with van der Waals surface area (Å²) in [5.41, 5.74) is 8.85. The average molecular weight is 228 g/mol. The van der Waals surface area contributed by atoms with E-state index in [-0.39, 0.29) is 0 Å². The number of nitrogen functional groups attached to an aromatic ring is 1. The quantitative estimate of drug-likeness (QED) is 0.876. The van der Waals surface area contributed by atoms with Crippen LogP contribution in [0.4, 0.5) is 5.82 Å². The zero-order chi connectivity index (χ0) is 12.3. The van der Waals surface area contributed by atoms with E-state index in [1.165, 1.54) is 0 Å². The average Bonchev–Trinajstić information content (AvgIpc) is 2.29. The second kappa shape index (κ2) is 4.91. The molecule has 2 aromatic heterocycles. The molecule has 4 heteroatoms. The van der Waals surface area contributed by atoms with Gasteiger partial charge in [-0.25, -0.2) is 9.97 Å². The zero-order valence-corrected chi connectivity index (χ0v) is 10.1. The van der Waals surface area contributed by atoms with Crippen molar-refractivity contribution in [3.8, 4) is 11.4 Å². The molecular formula is C13H16N4. The lowest BCUT2D eigenvalue weighted by Gasteiger charge is -2.07. The summed E-state index contributed by atoms with van der Waals surface area (Å²) in [5.74, 6) is 1.21. The minimum absolute atomic E-state index is 0.523. The van der Waals surface area contributed by atoms with Gasteiger partial charge < -0.3 is 5.73 Å². The molecule has 2 aromatic rings. The van der Waals surface area contributed by atoms with Crippen LogP contribution in [0.5, 0.6) is 0 Å². The van der Waals surface area contributed by atoms with Crippen LogP contribution in [0.25, 0.3) is 11.4 Å². The fourth-order valence-electron chi connectivity index (χ4n) is 1.75. The van der Waals surface area contributed by atoms with Crippen LogP contribution in [0.2, 0.25) is 0 Å². The zero-order valence-electron chi connectivity index (χ0n) is 10.1. The van der Waals surface area contributed by atoms with E-state index >= 15 is 0 Å². The summed E-state index contributed by atoms with van der Waals surface area (Å²) in [6.07, 6.45) is 5.52. The monoisotopic (exact) mass is 228 g/mol. The SMILES string of the molecule is CCCc1cc(N)nc(-c2ccncc2C)n1. The number of hydrogen-bond acceptors (Lipinski definition) is 4. The molecule has 88 valence electrons. The first kappa shape index (κ1) is 11.5. The van der Waals surface area contributed by atoms with E-state index in [1.54, 1.807) is 12.4 Å². The Labute approximate surface area is 101 Å². The lowest BCUT2D eigenvalue weighted by atomic mass is 10.1. The van der Waals surface area contributed by atoms with E-state index in [2.05, 4.69) is 21.9 Å². The Bertz CT molecular complexity index is 523. The minimum Gasteiger partial charge on any atom is -0.384 e. The number of nitrogens with zero attached hydrogens (tertiary/aromatic N) is 3. The van der Waals surface area contributed by atoms with E-state index in [0.717, 1.165) is 29.7 Å². The summed E-state index contributed by atoms with van der Waals surface area (Å²) in [7, 11) is 0. The van der Waals surface area contributed by atoms with Crippen LogP contribution in [0.3, 0.4) is 0 Å². The van der Waals surface area contributed by atoms with Crippen molar-refractivity contribution < 1.29 is 0 Å². The Morgan fingerprint density at radius 3 is 2.82 bits per heavy atom. The number of aryl methyl sites for hydroxylation is 2. The second-order valence-electron chi connectivity index (χ2n) is 4.05. The summed E-state index contributed by atoms with van der Waals surface area (Å²) in [4.78, 5) is 12.9. The molecule has 0 aromatic carbocycles. The number of anilines is 1. The molecule has 2 rings (SSSR count). The Hall–Kier alpha value is -1.97. The van der Waals surface area contributed by atoms with Gasteiger partial charge in [0.05, 0.1) is 0 Å². The van der Waals surface area contributed by atoms with Gasteiger partial charge in [-0.3, -0.25) is 4.98 Å². The highest BCUT2D eigenvalue weighted by Crippen LogP contribution is 2.20. The largest absolute Gasteiger partial charge is 0.384 e. The smallest absolute Gasteiger partial charge is 0.162 e. The lowest BCUT2D eigenvalue weighted by molar-refractivity contribution is 0.876. The predicted molar refractivity (Wildman–Crippen MR) is 68.4 cm³/mol. The van der Waals surface area contributed by atoms with Crippen molar-refractivity contribution in [1.82, 2.24) is 15.0 Å². The van der Waals surface area contributed by atoms with E-state index < -0.39 is 0 Å². The number of aromatic nitrogens is 3. The Morgan fingerprint density at radius 1 is 1.29 bits per heavy atom. The number of pyridine rings is 1. The van der Waals surface area contributed by atoms with Crippen LogP contribution in [0.1, 0.15) is 24.6 Å². The van der Waals surface area contributed by atoms with Crippen molar-refractivity contribution in [3.05, 3.63) is 35.8 Å². The number of rotatable bonds is 3. The van der Waals surface area contributed by atoms with Crippen molar-refractivity contribution in [2.24, 2.45) is 0 Å². The van der Waals surface area contributed by atoms with Gasteiger partial charge in [0.25, 0.3) is 0 Å². The molecule has 0 aliphatic carbocycles. The highest BCUT2D eigenvalue weighted by Gasteiger charge is 2.07. The molecule has 0 saturated heterocycles. The third kappa shape index (κ3) is 2.58. The van der Waals surface area contributed by atoms with Gasteiger partial charge in [-0.15, -0.1) is 0 Å². The standard InChI is InChI=1S/C13H16N4/c1-3-4-10-7-12(14)17-13(16-10)11-5-6-15-8-9(11)2/h5-8H,3-4H2,1-2H3,(H2,14,16,17). The Balaban J connectivity index is 2.48. The molecule has 0 bridgehead atoms. The molecule has 2 N–H and O–H groups in total. The summed E-state index contributed by atoms with van der Waals surface area (Å²) in [6.45, 7) is 4.12. The first-order valence-electron chi connectivity index (χ1n) is 5.75. The lowest BCUT2D eigenvalue weighted by Crippen LogP contribution is -2.01. The van der Waals surface area contributed by atoms with Crippen LogP contribution in [-0.4, -0.2) is 15.0 Å². The first-order valence-corrected chi connectivity index (χ1v) is 5.75. The van der Waals surface area contributed by atoms with Crippen LogP contribution in [0.15, 0.2) is 24.5 Å². The van der Waals surface area contributed by atoms with Gasteiger partial charge in [0.15, 0.2) is 5.82 Å². The van der Waals surface area contributed by atoms with Gasteiger partial charge >= 0.3 is 0 Å². The summed E-state index contributed by atoms with van der Waals surface area (Å²) >= 11 is 0. The van der Waals surface area contributed by atoms with Crippen molar-refractivity contribution in [2.75, 3.05) is 5.73 Å². The Morgan fingerprint density at radius 2 is 2.12 bits per heavy atom. The molecule has 0 fully saturated rings. The van der Waals surface area contributed by atoms with Crippen LogP contribution in [0, 0.1) is 6.92 Å². The molecule has 4 nitrogen and oxygen atoms in total. The molecule has 0 aliphatic heterocycles. The maximum atomic E-state index is 5.81. The predicted octanol–water partition coefficient (Wildman–Crippen LogP) is 2.38. The number of hydrogen-bond donors (Lipinski definition) is 1. The van der Waals surface area contributed by atoms with Crippen molar-refractivity contribution >= 4 is 5.82 Å². The molecule has 0 saturated carbocycles. The highest BCUT2D eigenvalue weighted by atomic mass is 14.9. The summed E-state index contributed by atoms with van der Waals surface area (Å²) < 4.78 is 0. The molecule has 0 aliphatic rings. The van der Waals surface area contributed by atoms with Crippen LogP contribution in [-0.2, 0) is 6.42 Å². The Kier molecular flexibility index (Phi) is 3.32. The summed E-state index contributed by atoms with van der Waals surface area (Å²) in [5, 5.41) is 0. The molecular weight excluding hydrogens is 212 g/mol. The molecule has 0 unspecified atom stereocenters. The van der Waals surface area contributed by atoms with Gasteiger partial charge in [0, 0.05) is 29.7 Å². The van der Waals surface area contributed by atoms with Gasteiger partial charge in [0.2, 0.25) is 0 Å². The van der Waals surface area contributed by atoms with E-state index in [1.807, 2.05) is 19.1 Å². The van der Waals surface area contributed by atoms with Crippen LogP contribution >= 0.6 is 0 Å². The molecule has 0 radical (unpaired) electrons.